The summed E-state index contributed by atoms with van der Waals surface area (Å²) in [4.78, 5) is 22.5. The molecule has 0 saturated carbocycles. The van der Waals surface area contributed by atoms with Gasteiger partial charge in [-0.25, -0.2) is 9.59 Å². The predicted octanol–water partition coefficient (Wildman–Crippen LogP) is 3.67. The molecule has 0 radical (unpaired) electrons. The smallest absolute Gasteiger partial charge is 0.434 e. The first-order valence-corrected chi connectivity index (χ1v) is 7.26. The minimum atomic E-state index is -0.736. The summed E-state index contributed by atoms with van der Waals surface area (Å²) in [5, 5.41) is 0. The van der Waals surface area contributed by atoms with Crippen LogP contribution in [0.3, 0.4) is 0 Å². The van der Waals surface area contributed by atoms with E-state index >= 15 is 0 Å². The largest absolute Gasteiger partial charge is 0.508 e. The number of hydrogen-bond donors (Lipinski definition) is 0. The van der Waals surface area contributed by atoms with E-state index in [1.54, 1.807) is 0 Å². The average molecular weight is 290 g/mol. The van der Waals surface area contributed by atoms with Gasteiger partial charge in [-0.2, -0.15) is 0 Å². The van der Waals surface area contributed by atoms with Crippen molar-refractivity contribution >= 4 is 12.3 Å². The fraction of sp³-hybridized carbons (Fsp3) is 0.857. The van der Waals surface area contributed by atoms with Gasteiger partial charge in [-0.15, -0.1) is 0 Å². The standard InChI is InChI=1S/C14H26O6/c1-4-7-9-17-13(15)19-11-12(6-3)20-14(16)18-10-8-5-2/h12H,4-11H2,1-3H3. The summed E-state index contributed by atoms with van der Waals surface area (Å²) in [5.74, 6) is 0. The quantitative estimate of drug-likeness (QED) is 0.451. The fourth-order valence-electron chi connectivity index (χ4n) is 1.21. The predicted molar refractivity (Wildman–Crippen MR) is 73.6 cm³/mol. The molecule has 0 aliphatic carbocycles. The minimum absolute atomic E-state index is 0.0235. The first-order chi connectivity index (χ1) is 9.63. The Morgan fingerprint density at radius 2 is 1.40 bits per heavy atom. The van der Waals surface area contributed by atoms with Crippen molar-refractivity contribution in [3.63, 3.8) is 0 Å². The minimum Gasteiger partial charge on any atom is -0.434 e. The van der Waals surface area contributed by atoms with Crippen molar-refractivity contribution in [1.82, 2.24) is 0 Å². The Bertz CT molecular complexity index is 266. The summed E-state index contributed by atoms with van der Waals surface area (Å²) < 4.78 is 19.6. The third kappa shape index (κ3) is 10.5. The van der Waals surface area contributed by atoms with E-state index in [1.165, 1.54) is 0 Å². The van der Waals surface area contributed by atoms with Crippen molar-refractivity contribution in [3.05, 3.63) is 0 Å². The van der Waals surface area contributed by atoms with Gasteiger partial charge in [-0.05, 0) is 19.3 Å². The molecule has 0 aromatic heterocycles. The second-order valence-electron chi connectivity index (χ2n) is 4.36. The molecule has 0 spiro atoms. The summed E-state index contributed by atoms with van der Waals surface area (Å²) >= 11 is 0. The third-order valence-electron chi connectivity index (χ3n) is 2.54. The Balaban J connectivity index is 3.79. The van der Waals surface area contributed by atoms with Crippen LogP contribution < -0.4 is 0 Å². The molecule has 1 atom stereocenters. The van der Waals surface area contributed by atoms with Crippen LogP contribution in [0.4, 0.5) is 9.59 Å². The maximum Gasteiger partial charge on any atom is 0.508 e. The number of unbranched alkanes of at least 4 members (excludes halogenated alkanes) is 2. The molecule has 0 bridgehead atoms. The van der Waals surface area contributed by atoms with E-state index in [4.69, 9.17) is 18.9 Å². The third-order valence-corrected chi connectivity index (χ3v) is 2.54. The van der Waals surface area contributed by atoms with Gasteiger partial charge in [-0.1, -0.05) is 33.6 Å². The highest BCUT2D eigenvalue weighted by molar-refractivity contribution is 5.61. The van der Waals surface area contributed by atoms with Gasteiger partial charge in [0.15, 0.2) is 0 Å². The number of hydrogen-bond acceptors (Lipinski definition) is 6. The van der Waals surface area contributed by atoms with Crippen LogP contribution in [0.2, 0.25) is 0 Å². The van der Waals surface area contributed by atoms with E-state index in [0.29, 0.717) is 19.6 Å². The molecule has 0 aromatic rings. The van der Waals surface area contributed by atoms with Gasteiger partial charge in [0, 0.05) is 0 Å². The Morgan fingerprint density at radius 3 is 1.90 bits per heavy atom. The molecular formula is C14H26O6. The van der Waals surface area contributed by atoms with Crippen molar-refractivity contribution in [3.8, 4) is 0 Å². The fourth-order valence-corrected chi connectivity index (χ4v) is 1.21. The molecule has 0 amide bonds. The van der Waals surface area contributed by atoms with Crippen LogP contribution in [0, 0.1) is 0 Å². The van der Waals surface area contributed by atoms with Gasteiger partial charge in [0.2, 0.25) is 0 Å². The second kappa shape index (κ2) is 12.6. The monoisotopic (exact) mass is 290 g/mol. The lowest BCUT2D eigenvalue weighted by Gasteiger charge is -2.15. The van der Waals surface area contributed by atoms with E-state index in [0.717, 1.165) is 25.7 Å². The van der Waals surface area contributed by atoms with Crippen LogP contribution in [0.15, 0.2) is 0 Å². The maximum atomic E-state index is 11.3. The summed E-state index contributed by atoms with van der Waals surface area (Å²) in [7, 11) is 0. The zero-order valence-corrected chi connectivity index (χ0v) is 12.7. The molecule has 6 heteroatoms. The van der Waals surface area contributed by atoms with Crippen molar-refractivity contribution in [2.45, 2.75) is 59.0 Å². The van der Waals surface area contributed by atoms with Crippen LogP contribution in [0.1, 0.15) is 52.9 Å². The summed E-state index contributed by atoms with van der Waals surface area (Å²) in [5.41, 5.74) is 0. The first kappa shape index (κ1) is 18.5. The van der Waals surface area contributed by atoms with E-state index in [2.05, 4.69) is 0 Å². The zero-order valence-electron chi connectivity index (χ0n) is 12.7. The van der Waals surface area contributed by atoms with E-state index < -0.39 is 18.4 Å². The van der Waals surface area contributed by atoms with Crippen molar-refractivity contribution in [2.75, 3.05) is 19.8 Å². The van der Waals surface area contributed by atoms with Crippen LogP contribution in [0.5, 0.6) is 0 Å². The van der Waals surface area contributed by atoms with Crippen molar-refractivity contribution in [2.24, 2.45) is 0 Å². The zero-order chi connectivity index (χ0) is 15.2. The normalized spacial score (nSPS) is 11.6. The molecule has 20 heavy (non-hydrogen) atoms. The average Bonchev–Trinajstić information content (AvgIpc) is 2.44. The van der Waals surface area contributed by atoms with Gasteiger partial charge in [0.05, 0.1) is 13.2 Å². The second-order valence-corrected chi connectivity index (χ2v) is 4.36. The van der Waals surface area contributed by atoms with Crippen LogP contribution >= 0.6 is 0 Å². The van der Waals surface area contributed by atoms with Gasteiger partial charge in [0.25, 0.3) is 0 Å². The number of rotatable bonds is 10. The van der Waals surface area contributed by atoms with E-state index in [1.807, 2.05) is 20.8 Å². The molecule has 0 aliphatic rings. The molecule has 0 aromatic carbocycles. The molecule has 1 unspecified atom stereocenters. The Hall–Kier alpha value is -1.46. The van der Waals surface area contributed by atoms with Crippen molar-refractivity contribution < 1.29 is 28.5 Å². The Kier molecular flexibility index (Phi) is 11.7. The molecule has 0 N–H and O–H groups in total. The lowest BCUT2D eigenvalue weighted by molar-refractivity contribution is -0.0181. The van der Waals surface area contributed by atoms with Gasteiger partial charge in [0.1, 0.15) is 12.7 Å². The Morgan fingerprint density at radius 1 is 0.850 bits per heavy atom. The molecule has 0 saturated heterocycles. The first-order valence-electron chi connectivity index (χ1n) is 7.26. The molecule has 6 nitrogen and oxygen atoms in total. The molecule has 0 aliphatic heterocycles. The lowest BCUT2D eigenvalue weighted by atomic mass is 10.3. The lowest BCUT2D eigenvalue weighted by Crippen LogP contribution is -2.25. The highest BCUT2D eigenvalue weighted by Gasteiger charge is 2.16. The van der Waals surface area contributed by atoms with Crippen LogP contribution in [0.25, 0.3) is 0 Å². The Labute approximate surface area is 120 Å². The number of ether oxygens (including phenoxy) is 4. The van der Waals surface area contributed by atoms with E-state index in [-0.39, 0.29) is 6.61 Å². The molecule has 118 valence electrons. The molecular weight excluding hydrogens is 264 g/mol. The SMILES string of the molecule is CCCCOC(=O)OCC(CC)OC(=O)OCCCC. The summed E-state index contributed by atoms with van der Waals surface area (Å²) in [6.07, 6.45) is 2.04. The van der Waals surface area contributed by atoms with Gasteiger partial charge in [-0.3, -0.25) is 0 Å². The van der Waals surface area contributed by atoms with Gasteiger partial charge >= 0.3 is 12.3 Å². The highest BCUT2D eigenvalue weighted by atomic mass is 16.7. The summed E-state index contributed by atoms with van der Waals surface area (Å²) in [6, 6.07) is 0. The molecule has 0 fully saturated rings. The summed E-state index contributed by atoms with van der Waals surface area (Å²) in [6.45, 7) is 6.49. The van der Waals surface area contributed by atoms with E-state index in [9.17, 15) is 9.59 Å². The molecule has 0 heterocycles. The maximum absolute atomic E-state index is 11.3. The van der Waals surface area contributed by atoms with Crippen LogP contribution in [-0.4, -0.2) is 38.2 Å². The highest BCUT2D eigenvalue weighted by Crippen LogP contribution is 2.03. The number of carbonyl (C=O) groups is 2. The topological polar surface area (TPSA) is 71.1 Å². The number of carbonyl (C=O) groups excluding carboxylic acids is 2. The van der Waals surface area contributed by atoms with Crippen molar-refractivity contribution in [1.29, 1.82) is 0 Å². The molecule has 0 rings (SSSR count). The van der Waals surface area contributed by atoms with Crippen LogP contribution in [-0.2, 0) is 18.9 Å². The van der Waals surface area contributed by atoms with Gasteiger partial charge < -0.3 is 18.9 Å².